The van der Waals surface area contributed by atoms with Crippen molar-refractivity contribution in [3.8, 4) is 11.5 Å². The molecule has 0 amide bonds. The topological polar surface area (TPSA) is 72.1 Å². The van der Waals surface area contributed by atoms with Crippen molar-refractivity contribution in [2.75, 3.05) is 32.6 Å². The molecule has 3 N–H and O–H groups in total. The van der Waals surface area contributed by atoms with E-state index < -0.39 is 0 Å². The summed E-state index contributed by atoms with van der Waals surface area (Å²) in [6, 6.07) is 6.80. The first kappa shape index (κ1) is 17.4. The van der Waals surface area contributed by atoms with Gasteiger partial charge >= 0.3 is 0 Å². The van der Waals surface area contributed by atoms with Crippen molar-refractivity contribution >= 4 is 11.6 Å². The van der Waals surface area contributed by atoms with Gasteiger partial charge in [0.25, 0.3) is 0 Å². The van der Waals surface area contributed by atoms with Crippen LogP contribution in [0.5, 0.6) is 11.5 Å². The molecule has 1 saturated carbocycles. The zero-order chi connectivity index (χ0) is 16.8. The summed E-state index contributed by atoms with van der Waals surface area (Å²) >= 11 is 0. The van der Waals surface area contributed by atoms with E-state index in [-0.39, 0.29) is 0 Å². The van der Waals surface area contributed by atoms with Gasteiger partial charge in [-0.3, -0.25) is 9.89 Å². The molecule has 1 aliphatic rings. The Kier molecular flexibility index (Phi) is 6.10. The summed E-state index contributed by atoms with van der Waals surface area (Å²) in [6.07, 6.45) is 2.60. The second-order valence-electron chi connectivity index (χ2n) is 6.02. The van der Waals surface area contributed by atoms with Gasteiger partial charge in [-0.15, -0.1) is 0 Å². The predicted octanol–water partition coefficient (Wildman–Crippen LogP) is 2.30. The molecule has 0 atom stereocenters. The first-order chi connectivity index (χ1) is 11.0. The van der Waals surface area contributed by atoms with Gasteiger partial charge in [0.05, 0.1) is 26.5 Å². The Balaban J connectivity index is 1.93. The Morgan fingerprint density at radius 2 is 2.09 bits per heavy atom. The van der Waals surface area contributed by atoms with E-state index in [4.69, 9.17) is 15.2 Å². The van der Waals surface area contributed by atoms with Gasteiger partial charge < -0.3 is 20.5 Å². The van der Waals surface area contributed by atoms with Crippen molar-refractivity contribution in [2.24, 2.45) is 10.7 Å². The lowest BCUT2D eigenvalue weighted by atomic mass is 10.2. The molecule has 0 saturated heterocycles. The fraction of sp³-hybridized carbons (Fsp3) is 0.588. The van der Waals surface area contributed by atoms with Crippen LogP contribution in [0.1, 0.15) is 26.7 Å². The van der Waals surface area contributed by atoms with E-state index in [1.54, 1.807) is 14.2 Å². The van der Waals surface area contributed by atoms with Crippen LogP contribution in [0.2, 0.25) is 0 Å². The van der Waals surface area contributed by atoms with Gasteiger partial charge in [-0.05, 0) is 38.8 Å². The van der Waals surface area contributed by atoms with Gasteiger partial charge in [-0.2, -0.15) is 0 Å². The second-order valence-corrected chi connectivity index (χ2v) is 6.02. The molecule has 6 nitrogen and oxygen atoms in total. The van der Waals surface area contributed by atoms with Crippen molar-refractivity contribution in [1.82, 2.24) is 4.90 Å². The lowest BCUT2D eigenvalue weighted by Crippen LogP contribution is -2.35. The van der Waals surface area contributed by atoms with Crippen LogP contribution in [-0.4, -0.2) is 50.3 Å². The number of methoxy groups -OCH3 is 2. The molecular weight excluding hydrogens is 292 g/mol. The Morgan fingerprint density at radius 1 is 1.35 bits per heavy atom. The van der Waals surface area contributed by atoms with Crippen LogP contribution in [0.25, 0.3) is 0 Å². The van der Waals surface area contributed by atoms with Gasteiger partial charge in [-0.1, -0.05) is 0 Å². The minimum atomic E-state index is 0.385. The molecule has 0 unspecified atom stereocenters. The normalized spacial score (nSPS) is 15.1. The fourth-order valence-corrected chi connectivity index (χ4v) is 2.64. The molecule has 0 bridgehead atoms. The van der Waals surface area contributed by atoms with Gasteiger partial charge in [0.1, 0.15) is 11.5 Å². The van der Waals surface area contributed by atoms with Gasteiger partial charge in [0, 0.05) is 24.7 Å². The Hall–Kier alpha value is -1.95. The first-order valence-corrected chi connectivity index (χ1v) is 8.10. The van der Waals surface area contributed by atoms with Crippen LogP contribution in [0.3, 0.4) is 0 Å². The number of rotatable bonds is 8. The van der Waals surface area contributed by atoms with Crippen LogP contribution >= 0.6 is 0 Å². The number of nitrogens with one attached hydrogen (secondary N) is 1. The number of aliphatic imine (C=N–C) groups is 1. The number of anilines is 1. The molecule has 2 rings (SSSR count). The highest BCUT2D eigenvalue weighted by Gasteiger charge is 2.29. The van der Waals surface area contributed by atoms with Crippen LogP contribution < -0.4 is 20.5 Å². The van der Waals surface area contributed by atoms with E-state index in [1.807, 2.05) is 18.2 Å². The number of ether oxygens (including phenoxy) is 2. The average Bonchev–Trinajstić information content (AvgIpc) is 3.35. The third-order valence-electron chi connectivity index (χ3n) is 3.99. The molecule has 1 aromatic rings. The zero-order valence-electron chi connectivity index (χ0n) is 14.5. The lowest BCUT2D eigenvalue weighted by Gasteiger charge is -2.25. The molecule has 0 aliphatic heterocycles. The fourth-order valence-electron chi connectivity index (χ4n) is 2.64. The van der Waals surface area contributed by atoms with Crippen molar-refractivity contribution in [1.29, 1.82) is 0 Å². The highest BCUT2D eigenvalue weighted by molar-refractivity contribution is 5.94. The number of benzene rings is 1. The number of nitrogens with two attached hydrogens (primary N) is 1. The van der Waals surface area contributed by atoms with E-state index >= 15 is 0 Å². The Labute approximate surface area is 138 Å². The molecular formula is C17H28N4O2. The van der Waals surface area contributed by atoms with Crippen molar-refractivity contribution in [3.05, 3.63) is 18.2 Å². The molecule has 6 heteroatoms. The maximum absolute atomic E-state index is 6.00. The van der Waals surface area contributed by atoms with Crippen molar-refractivity contribution in [2.45, 2.75) is 38.8 Å². The lowest BCUT2D eigenvalue weighted by molar-refractivity contribution is 0.218. The zero-order valence-corrected chi connectivity index (χ0v) is 14.5. The highest BCUT2D eigenvalue weighted by Crippen LogP contribution is 2.29. The second kappa shape index (κ2) is 8.06. The first-order valence-electron chi connectivity index (χ1n) is 8.10. The summed E-state index contributed by atoms with van der Waals surface area (Å²) in [7, 11) is 3.25. The average molecular weight is 320 g/mol. The minimum Gasteiger partial charge on any atom is -0.497 e. The Bertz CT molecular complexity index is 539. The van der Waals surface area contributed by atoms with E-state index in [0.29, 0.717) is 24.3 Å². The smallest absolute Gasteiger partial charge is 0.193 e. The predicted molar refractivity (Wildman–Crippen MR) is 94.5 cm³/mol. The van der Waals surface area contributed by atoms with E-state index in [9.17, 15) is 0 Å². The molecule has 0 aromatic heterocycles. The molecule has 0 spiro atoms. The molecule has 0 radical (unpaired) electrons. The van der Waals surface area contributed by atoms with Crippen molar-refractivity contribution < 1.29 is 9.47 Å². The van der Waals surface area contributed by atoms with Gasteiger partial charge in [-0.25, -0.2) is 0 Å². The van der Waals surface area contributed by atoms with Crippen molar-refractivity contribution in [3.63, 3.8) is 0 Å². The maximum atomic E-state index is 6.00. The number of hydrogen-bond acceptors (Lipinski definition) is 4. The molecule has 23 heavy (non-hydrogen) atoms. The maximum Gasteiger partial charge on any atom is 0.193 e. The summed E-state index contributed by atoms with van der Waals surface area (Å²) in [5, 5.41) is 3.09. The van der Waals surface area contributed by atoms with Crippen LogP contribution in [0.4, 0.5) is 5.69 Å². The summed E-state index contributed by atoms with van der Waals surface area (Å²) < 4.78 is 10.5. The van der Waals surface area contributed by atoms with Crippen LogP contribution in [0, 0.1) is 0 Å². The summed E-state index contributed by atoms with van der Waals surface area (Å²) in [5.41, 5.74) is 6.75. The van der Waals surface area contributed by atoms with Gasteiger partial charge in [0.2, 0.25) is 0 Å². The molecule has 1 aliphatic carbocycles. The molecule has 1 aromatic carbocycles. The SMILES string of the molecule is COc1ccc(OC)c(NC(N)=NCCN(C(C)C)C2CC2)c1. The molecule has 0 heterocycles. The van der Waals surface area contributed by atoms with E-state index in [2.05, 4.69) is 29.1 Å². The third kappa shape index (κ3) is 5.03. The highest BCUT2D eigenvalue weighted by atomic mass is 16.5. The standard InChI is InChI=1S/C17H28N4O2/c1-12(2)21(13-5-6-13)10-9-19-17(18)20-15-11-14(22-3)7-8-16(15)23-4/h7-8,11-13H,5-6,9-10H2,1-4H3,(H3,18,19,20). The molecule has 1 fully saturated rings. The van der Waals surface area contributed by atoms with Crippen LogP contribution in [-0.2, 0) is 0 Å². The summed E-state index contributed by atoms with van der Waals surface area (Å²) in [5.74, 6) is 1.82. The van der Waals surface area contributed by atoms with E-state index in [1.165, 1.54) is 12.8 Å². The third-order valence-corrected chi connectivity index (χ3v) is 3.99. The largest absolute Gasteiger partial charge is 0.497 e. The molecule has 128 valence electrons. The summed E-state index contributed by atoms with van der Waals surface area (Å²) in [6.45, 7) is 6.06. The monoisotopic (exact) mass is 320 g/mol. The van der Waals surface area contributed by atoms with E-state index in [0.717, 1.165) is 24.0 Å². The quantitative estimate of drug-likeness (QED) is 0.568. The summed E-state index contributed by atoms with van der Waals surface area (Å²) in [4.78, 5) is 6.92. The van der Waals surface area contributed by atoms with Crippen LogP contribution in [0.15, 0.2) is 23.2 Å². The number of hydrogen-bond donors (Lipinski definition) is 2. The number of nitrogens with zero attached hydrogens (tertiary/aromatic N) is 2. The Morgan fingerprint density at radius 3 is 2.65 bits per heavy atom. The minimum absolute atomic E-state index is 0.385. The number of guanidine groups is 1. The van der Waals surface area contributed by atoms with Gasteiger partial charge in [0.15, 0.2) is 5.96 Å².